The fourth-order valence-electron chi connectivity index (χ4n) is 1.14. The van der Waals surface area contributed by atoms with E-state index in [1.54, 1.807) is 0 Å². The summed E-state index contributed by atoms with van der Waals surface area (Å²) < 4.78 is 0. The number of hydrogen-bond donors (Lipinski definition) is 3. The van der Waals surface area contributed by atoms with Crippen LogP contribution in [-0.2, 0) is 4.79 Å². The fraction of sp³-hybridized carbons (Fsp3) is 0.364. The van der Waals surface area contributed by atoms with Gasteiger partial charge in [-0.3, -0.25) is 9.59 Å². The summed E-state index contributed by atoms with van der Waals surface area (Å²) in [6.07, 6.45) is 2.23. The van der Waals surface area contributed by atoms with Gasteiger partial charge in [0.1, 0.15) is 5.75 Å². The summed E-state index contributed by atoms with van der Waals surface area (Å²) in [4.78, 5) is 26.5. The molecule has 0 bridgehead atoms. The van der Waals surface area contributed by atoms with Gasteiger partial charge < -0.3 is 15.7 Å². The number of aromatic nitrogens is 1. The lowest BCUT2D eigenvalue weighted by Crippen LogP contribution is -2.37. The first-order valence-electron chi connectivity index (χ1n) is 5.34. The van der Waals surface area contributed by atoms with Crippen molar-refractivity contribution in [1.29, 1.82) is 0 Å². The summed E-state index contributed by atoms with van der Waals surface area (Å²) in [5, 5.41) is 14.4. The van der Waals surface area contributed by atoms with E-state index in [4.69, 9.17) is 0 Å². The quantitative estimate of drug-likeness (QED) is 0.674. The second-order valence-corrected chi connectivity index (χ2v) is 3.40. The molecule has 3 N–H and O–H groups in total. The average molecular weight is 237 g/mol. The summed E-state index contributed by atoms with van der Waals surface area (Å²) in [7, 11) is 0. The van der Waals surface area contributed by atoms with Crippen LogP contribution in [-0.4, -0.2) is 35.0 Å². The molecule has 0 aliphatic rings. The lowest BCUT2D eigenvalue weighted by Gasteiger charge is -2.06. The molecule has 0 aliphatic heterocycles. The maximum absolute atomic E-state index is 11.5. The molecule has 6 nitrogen and oxygen atoms in total. The van der Waals surface area contributed by atoms with E-state index in [0.717, 1.165) is 6.42 Å². The molecule has 0 saturated carbocycles. The van der Waals surface area contributed by atoms with Crippen molar-refractivity contribution in [2.75, 3.05) is 13.1 Å². The summed E-state index contributed by atoms with van der Waals surface area (Å²) in [6, 6.07) is 2.87. The van der Waals surface area contributed by atoms with E-state index in [1.165, 1.54) is 18.3 Å². The Morgan fingerprint density at radius 1 is 1.41 bits per heavy atom. The molecular formula is C11H15N3O3. The molecule has 17 heavy (non-hydrogen) atoms. The first-order valence-corrected chi connectivity index (χ1v) is 5.34. The summed E-state index contributed by atoms with van der Waals surface area (Å²) in [5.41, 5.74) is -0.0872. The Labute approximate surface area is 99.1 Å². The standard InChI is InChI=1S/C11H15N3O3/c1-2-5-12-9(16)7-14-11(17)10-8(15)4-3-6-13-10/h3-4,6,15H,2,5,7H2,1H3,(H,12,16)(H,14,17). The normalized spacial score (nSPS) is 9.71. The molecule has 0 fully saturated rings. The first-order chi connectivity index (χ1) is 8.15. The molecule has 92 valence electrons. The molecule has 1 aromatic rings. The smallest absolute Gasteiger partial charge is 0.274 e. The average Bonchev–Trinajstić information content (AvgIpc) is 2.34. The van der Waals surface area contributed by atoms with Crippen molar-refractivity contribution < 1.29 is 14.7 Å². The number of nitrogens with zero attached hydrogens (tertiary/aromatic N) is 1. The van der Waals surface area contributed by atoms with E-state index in [2.05, 4.69) is 15.6 Å². The number of nitrogens with one attached hydrogen (secondary N) is 2. The molecule has 0 atom stereocenters. The van der Waals surface area contributed by atoms with Gasteiger partial charge in [0.2, 0.25) is 5.91 Å². The van der Waals surface area contributed by atoms with Gasteiger partial charge in [0.25, 0.3) is 5.91 Å². The Morgan fingerprint density at radius 3 is 2.82 bits per heavy atom. The molecule has 0 aromatic carbocycles. The van der Waals surface area contributed by atoms with Gasteiger partial charge in [0, 0.05) is 12.7 Å². The fourth-order valence-corrected chi connectivity index (χ4v) is 1.14. The summed E-state index contributed by atoms with van der Waals surface area (Å²) >= 11 is 0. The highest BCUT2D eigenvalue weighted by Crippen LogP contribution is 2.11. The van der Waals surface area contributed by atoms with E-state index in [-0.39, 0.29) is 23.9 Å². The van der Waals surface area contributed by atoms with Crippen molar-refractivity contribution >= 4 is 11.8 Å². The minimum absolute atomic E-state index is 0.0872. The van der Waals surface area contributed by atoms with Gasteiger partial charge in [-0.1, -0.05) is 6.92 Å². The minimum Gasteiger partial charge on any atom is -0.505 e. The van der Waals surface area contributed by atoms with Crippen LogP contribution >= 0.6 is 0 Å². The second-order valence-electron chi connectivity index (χ2n) is 3.40. The number of carbonyl (C=O) groups is 2. The third kappa shape index (κ3) is 4.10. The largest absolute Gasteiger partial charge is 0.505 e. The predicted molar refractivity (Wildman–Crippen MR) is 61.5 cm³/mol. The van der Waals surface area contributed by atoms with Crippen molar-refractivity contribution in [2.24, 2.45) is 0 Å². The van der Waals surface area contributed by atoms with Crippen LogP contribution in [0.25, 0.3) is 0 Å². The monoisotopic (exact) mass is 237 g/mol. The summed E-state index contributed by atoms with van der Waals surface area (Å²) in [5.74, 6) is -1.05. The van der Waals surface area contributed by atoms with Crippen LogP contribution in [0.2, 0.25) is 0 Å². The number of hydrogen-bond acceptors (Lipinski definition) is 4. The number of amides is 2. The molecule has 0 saturated heterocycles. The van der Waals surface area contributed by atoms with Gasteiger partial charge in [-0.2, -0.15) is 0 Å². The van der Waals surface area contributed by atoms with E-state index in [1.807, 2.05) is 6.92 Å². The Bertz CT molecular complexity index is 407. The highest BCUT2D eigenvalue weighted by atomic mass is 16.3. The number of aromatic hydroxyl groups is 1. The lowest BCUT2D eigenvalue weighted by atomic mass is 10.3. The van der Waals surface area contributed by atoms with Crippen LogP contribution in [0.3, 0.4) is 0 Å². The maximum Gasteiger partial charge on any atom is 0.274 e. The molecule has 0 radical (unpaired) electrons. The molecule has 1 heterocycles. The molecule has 6 heteroatoms. The number of rotatable bonds is 5. The van der Waals surface area contributed by atoms with Crippen LogP contribution in [0.1, 0.15) is 23.8 Å². The zero-order valence-corrected chi connectivity index (χ0v) is 9.56. The molecule has 1 aromatic heterocycles. The van der Waals surface area contributed by atoms with E-state index >= 15 is 0 Å². The van der Waals surface area contributed by atoms with Gasteiger partial charge in [-0.15, -0.1) is 0 Å². The summed E-state index contributed by atoms with van der Waals surface area (Å²) in [6.45, 7) is 2.38. The van der Waals surface area contributed by atoms with E-state index < -0.39 is 5.91 Å². The van der Waals surface area contributed by atoms with Crippen molar-refractivity contribution in [2.45, 2.75) is 13.3 Å². The van der Waals surface area contributed by atoms with Crippen LogP contribution in [0.4, 0.5) is 0 Å². The minimum atomic E-state index is -0.574. The van der Waals surface area contributed by atoms with Crippen LogP contribution in [0.15, 0.2) is 18.3 Å². The predicted octanol–water partition coefficient (Wildman–Crippen LogP) is 0.0432. The van der Waals surface area contributed by atoms with Crippen LogP contribution in [0, 0.1) is 0 Å². The lowest BCUT2D eigenvalue weighted by molar-refractivity contribution is -0.120. The Morgan fingerprint density at radius 2 is 2.18 bits per heavy atom. The van der Waals surface area contributed by atoms with Gasteiger partial charge in [0.15, 0.2) is 5.69 Å². The highest BCUT2D eigenvalue weighted by Gasteiger charge is 2.12. The Balaban J connectivity index is 2.45. The van der Waals surface area contributed by atoms with Crippen molar-refractivity contribution in [3.63, 3.8) is 0 Å². The van der Waals surface area contributed by atoms with Crippen molar-refractivity contribution in [1.82, 2.24) is 15.6 Å². The van der Waals surface area contributed by atoms with Gasteiger partial charge in [0.05, 0.1) is 6.54 Å². The van der Waals surface area contributed by atoms with E-state index in [0.29, 0.717) is 6.54 Å². The second kappa shape index (κ2) is 6.47. The van der Waals surface area contributed by atoms with Crippen LogP contribution in [0.5, 0.6) is 5.75 Å². The maximum atomic E-state index is 11.5. The molecule has 2 amide bonds. The molecule has 0 spiro atoms. The van der Waals surface area contributed by atoms with Crippen molar-refractivity contribution in [3.8, 4) is 5.75 Å². The SMILES string of the molecule is CCCNC(=O)CNC(=O)c1ncccc1O. The Hall–Kier alpha value is -2.11. The van der Waals surface area contributed by atoms with Gasteiger partial charge in [-0.05, 0) is 18.6 Å². The number of carbonyl (C=O) groups excluding carboxylic acids is 2. The zero-order valence-electron chi connectivity index (χ0n) is 9.56. The van der Waals surface area contributed by atoms with Gasteiger partial charge >= 0.3 is 0 Å². The van der Waals surface area contributed by atoms with Crippen LogP contribution < -0.4 is 10.6 Å². The third-order valence-corrected chi connectivity index (χ3v) is 1.98. The molecule has 1 rings (SSSR count). The highest BCUT2D eigenvalue weighted by molar-refractivity contribution is 5.96. The van der Waals surface area contributed by atoms with Gasteiger partial charge in [-0.25, -0.2) is 4.98 Å². The molecule has 0 unspecified atom stereocenters. The topological polar surface area (TPSA) is 91.3 Å². The Kier molecular flexibility index (Phi) is 4.93. The van der Waals surface area contributed by atoms with Crippen molar-refractivity contribution in [3.05, 3.63) is 24.0 Å². The molecule has 0 aliphatic carbocycles. The first kappa shape index (κ1) is 13.0. The zero-order chi connectivity index (χ0) is 12.7. The third-order valence-electron chi connectivity index (χ3n) is 1.98. The van der Waals surface area contributed by atoms with E-state index in [9.17, 15) is 14.7 Å². The number of pyridine rings is 1. The molecular weight excluding hydrogens is 222 g/mol.